The Morgan fingerprint density at radius 3 is 2.62 bits per heavy atom. The van der Waals surface area contributed by atoms with Crippen molar-refractivity contribution in [3.05, 3.63) is 64.7 Å². The van der Waals surface area contributed by atoms with Crippen LogP contribution in [0.4, 0.5) is 0 Å². The van der Waals surface area contributed by atoms with Gasteiger partial charge in [-0.2, -0.15) is 0 Å². The maximum Gasteiger partial charge on any atom is 0.254 e. The third-order valence-corrected chi connectivity index (χ3v) is 6.60. The average molecular weight is 458 g/mol. The lowest BCUT2D eigenvalue weighted by Crippen LogP contribution is -2.52. The number of benzene rings is 2. The van der Waals surface area contributed by atoms with Gasteiger partial charge in [-0.15, -0.1) is 0 Å². The largest absolute Gasteiger partial charge is 0.490 e. The summed E-state index contributed by atoms with van der Waals surface area (Å²) in [4.78, 5) is 17.1. The van der Waals surface area contributed by atoms with Crippen molar-refractivity contribution in [2.75, 3.05) is 46.4 Å². The molecule has 2 aliphatic heterocycles. The molecule has 1 atom stereocenters. The minimum Gasteiger partial charge on any atom is -0.490 e. The predicted octanol–water partition coefficient (Wildman–Crippen LogP) is 3.44. The average Bonchev–Trinajstić information content (AvgIpc) is 2.84. The number of hydrogen-bond donors (Lipinski definition) is 1. The number of amides is 1. The highest BCUT2D eigenvalue weighted by atomic mass is 35.5. The van der Waals surface area contributed by atoms with Gasteiger partial charge in [0.2, 0.25) is 0 Å². The fourth-order valence-corrected chi connectivity index (χ4v) is 4.69. The van der Waals surface area contributed by atoms with E-state index in [9.17, 15) is 4.79 Å². The fraction of sp³-hybridized carbons (Fsp3) is 0.480. The Labute approximate surface area is 195 Å². The Morgan fingerprint density at radius 2 is 1.88 bits per heavy atom. The van der Waals surface area contributed by atoms with Crippen LogP contribution in [0.25, 0.3) is 0 Å². The normalized spacial score (nSPS) is 20.8. The first-order valence-corrected chi connectivity index (χ1v) is 11.8. The van der Waals surface area contributed by atoms with E-state index in [0.29, 0.717) is 24.0 Å². The summed E-state index contributed by atoms with van der Waals surface area (Å²) in [5.41, 5.74) is 1.86. The van der Waals surface area contributed by atoms with E-state index in [-0.39, 0.29) is 12.0 Å². The van der Waals surface area contributed by atoms with Crippen LogP contribution in [0.1, 0.15) is 28.8 Å². The van der Waals surface area contributed by atoms with Crippen LogP contribution in [0, 0.1) is 0 Å². The smallest absolute Gasteiger partial charge is 0.254 e. The van der Waals surface area contributed by atoms with Gasteiger partial charge >= 0.3 is 0 Å². The summed E-state index contributed by atoms with van der Waals surface area (Å²) in [6.45, 7) is 6.18. The van der Waals surface area contributed by atoms with Crippen molar-refractivity contribution < 1.29 is 14.3 Å². The number of nitrogens with zero attached hydrogens (tertiary/aromatic N) is 2. The molecule has 32 heavy (non-hydrogen) atoms. The van der Waals surface area contributed by atoms with E-state index >= 15 is 0 Å². The van der Waals surface area contributed by atoms with Gasteiger partial charge in [-0.3, -0.25) is 14.6 Å². The second kappa shape index (κ2) is 11.1. The Kier molecular flexibility index (Phi) is 8.03. The molecule has 0 radical (unpaired) electrons. The first kappa shape index (κ1) is 23.1. The molecule has 0 aliphatic carbocycles. The first-order chi connectivity index (χ1) is 15.6. The van der Waals surface area contributed by atoms with Gasteiger partial charge in [0.15, 0.2) is 0 Å². The Balaban J connectivity index is 1.25. The molecule has 2 aliphatic rings. The quantitative estimate of drug-likeness (QED) is 0.690. The number of ether oxygens (including phenoxy) is 2. The van der Waals surface area contributed by atoms with E-state index in [0.717, 1.165) is 44.4 Å². The molecule has 1 N–H and O–H groups in total. The zero-order valence-electron chi connectivity index (χ0n) is 18.6. The minimum absolute atomic E-state index is 0.00795. The lowest BCUT2D eigenvalue weighted by Gasteiger charge is -2.42. The van der Waals surface area contributed by atoms with Crippen molar-refractivity contribution >= 4 is 17.5 Å². The highest BCUT2D eigenvalue weighted by Crippen LogP contribution is 2.23. The lowest BCUT2D eigenvalue weighted by atomic mass is 10.0. The molecule has 2 fully saturated rings. The SMILES string of the molecule is CNC(=O)c1ccccc1OCC1CN(C2CCN(Cc3ccc(Cl)cc3)CC2)CCO1. The Hall–Kier alpha value is -2.12. The number of morpholine rings is 1. The van der Waals surface area contributed by atoms with E-state index in [2.05, 4.69) is 27.2 Å². The van der Waals surface area contributed by atoms with Crippen LogP contribution in [0.3, 0.4) is 0 Å². The second-order valence-corrected chi connectivity index (χ2v) is 8.94. The van der Waals surface area contributed by atoms with E-state index in [1.165, 1.54) is 18.4 Å². The van der Waals surface area contributed by atoms with Crippen LogP contribution in [0.5, 0.6) is 5.75 Å². The molecule has 2 aromatic rings. The number of rotatable bonds is 7. The summed E-state index contributed by atoms with van der Waals surface area (Å²) in [6.07, 6.45) is 2.34. The number of halogens is 1. The van der Waals surface area contributed by atoms with Gasteiger partial charge < -0.3 is 14.8 Å². The molecule has 0 aromatic heterocycles. The van der Waals surface area contributed by atoms with E-state index in [1.807, 2.05) is 30.3 Å². The molecular formula is C25H32ClN3O3. The zero-order valence-corrected chi connectivity index (χ0v) is 19.4. The summed E-state index contributed by atoms with van der Waals surface area (Å²) in [5.74, 6) is 0.459. The van der Waals surface area contributed by atoms with Crippen molar-refractivity contribution in [2.45, 2.75) is 31.5 Å². The number of hydrogen-bond acceptors (Lipinski definition) is 5. The van der Waals surface area contributed by atoms with Gasteiger partial charge in [0.05, 0.1) is 12.2 Å². The van der Waals surface area contributed by atoms with Crippen molar-refractivity contribution in [1.29, 1.82) is 0 Å². The number of piperidine rings is 1. The van der Waals surface area contributed by atoms with Crippen molar-refractivity contribution in [1.82, 2.24) is 15.1 Å². The van der Waals surface area contributed by atoms with Gasteiger partial charge in [-0.05, 0) is 55.8 Å². The summed E-state index contributed by atoms with van der Waals surface area (Å²) >= 11 is 6.00. The zero-order chi connectivity index (χ0) is 22.3. The fourth-order valence-electron chi connectivity index (χ4n) is 4.56. The molecule has 2 saturated heterocycles. The van der Waals surface area contributed by atoms with Crippen LogP contribution >= 0.6 is 11.6 Å². The van der Waals surface area contributed by atoms with Crippen molar-refractivity contribution in [3.63, 3.8) is 0 Å². The van der Waals surface area contributed by atoms with Crippen molar-refractivity contribution in [2.24, 2.45) is 0 Å². The molecule has 1 amide bonds. The van der Waals surface area contributed by atoms with Crippen LogP contribution < -0.4 is 10.1 Å². The number of carbonyl (C=O) groups excluding carboxylic acids is 1. The molecule has 7 heteroatoms. The van der Waals surface area contributed by atoms with Crippen LogP contribution in [-0.4, -0.2) is 74.3 Å². The number of nitrogens with one attached hydrogen (secondary N) is 1. The van der Waals surface area contributed by atoms with Gasteiger partial charge in [0.25, 0.3) is 5.91 Å². The molecule has 1 unspecified atom stereocenters. The van der Waals surface area contributed by atoms with E-state index < -0.39 is 0 Å². The van der Waals surface area contributed by atoms with Gasteiger partial charge in [-0.1, -0.05) is 35.9 Å². The lowest BCUT2D eigenvalue weighted by molar-refractivity contribution is -0.0675. The first-order valence-electron chi connectivity index (χ1n) is 11.4. The summed E-state index contributed by atoms with van der Waals surface area (Å²) in [5, 5.41) is 3.45. The molecule has 0 bridgehead atoms. The molecule has 2 heterocycles. The minimum atomic E-state index is -0.142. The third kappa shape index (κ3) is 6.01. The molecular weight excluding hydrogens is 426 g/mol. The van der Waals surface area contributed by atoms with Crippen LogP contribution in [0.2, 0.25) is 5.02 Å². The summed E-state index contributed by atoms with van der Waals surface area (Å²) in [6, 6.07) is 16.1. The molecule has 0 saturated carbocycles. The van der Waals surface area contributed by atoms with Gasteiger partial charge in [0, 0.05) is 37.7 Å². The van der Waals surface area contributed by atoms with Crippen LogP contribution in [-0.2, 0) is 11.3 Å². The number of likely N-dealkylation sites (tertiary alicyclic amines) is 1. The molecule has 2 aromatic carbocycles. The molecule has 4 rings (SSSR count). The number of para-hydroxylation sites is 1. The third-order valence-electron chi connectivity index (χ3n) is 6.35. The molecule has 0 spiro atoms. The van der Waals surface area contributed by atoms with E-state index in [4.69, 9.17) is 21.1 Å². The highest BCUT2D eigenvalue weighted by Gasteiger charge is 2.29. The maximum atomic E-state index is 12.1. The summed E-state index contributed by atoms with van der Waals surface area (Å²) < 4.78 is 12.0. The van der Waals surface area contributed by atoms with Crippen molar-refractivity contribution in [3.8, 4) is 5.75 Å². The molecule has 172 valence electrons. The standard InChI is InChI=1S/C25H32ClN3O3/c1-27-25(30)23-4-2-3-5-24(23)32-18-22-17-29(14-15-31-22)21-10-12-28(13-11-21)16-19-6-8-20(26)9-7-19/h2-9,21-22H,10-18H2,1H3,(H,27,30). The maximum absolute atomic E-state index is 12.1. The monoisotopic (exact) mass is 457 g/mol. The van der Waals surface area contributed by atoms with E-state index in [1.54, 1.807) is 13.1 Å². The summed E-state index contributed by atoms with van der Waals surface area (Å²) in [7, 11) is 1.63. The Bertz CT molecular complexity index is 884. The van der Waals surface area contributed by atoms with Gasteiger partial charge in [-0.25, -0.2) is 0 Å². The topological polar surface area (TPSA) is 54.0 Å². The van der Waals surface area contributed by atoms with Gasteiger partial charge in [0.1, 0.15) is 18.5 Å². The second-order valence-electron chi connectivity index (χ2n) is 8.51. The molecule has 6 nitrogen and oxygen atoms in total. The highest BCUT2D eigenvalue weighted by molar-refractivity contribution is 6.30. The Morgan fingerprint density at radius 1 is 1.12 bits per heavy atom. The van der Waals surface area contributed by atoms with Crippen LogP contribution in [0.15, 0.2) is 48.5 Å². The number of carbonyl (C=O) groups is 1. The predicted molar refractivity (Wildman–Crippen MR) is 126 cm³/mol.